The summed E-state index contributed by atoms with van der Waals surface area (Å²) >= 11 is 0.108. The second kappa shape index (κ2) is 25.8. The monoisotopic (exact) mass is 1400 g/mol. The fourth-order valence-corrected chi connectivity index (χ4v) is 9.19. The highest BCUT2D eigenvalue weighted by molar-refractivity contribution is 7.98. The molecule has 0 saturated heterocycles. The lowest BCUT2D eigenvalue weighted by Crippen LogP contribution is -2.74. The number of ether oxygens (including phenoxy) is 2. The van der Waals surface area contributed by atoms with Crippen LogP contribution in [0.25, 0.3) is 0 Å². The first-order valence-electron chi connectivity index (χ1n) is 23.5. The van der Waals surface area contributed by atoms with Gasteiger partial charge in [-0.2, -0.15) is 173 Å². The topological polar surface area (TPSA) is 76.7 Å². The Morgan fingerprint density at radius 3 is 0.841 bits per heavy atom. The van der Waals surface area contributed by atoms with Crippen LogP contribution < -0.4 is 20.1 Å². The first kappa shape index (κ1) is 79.4. The molecule has 510 valence electrons. The summed E-state index contributed by atoms with van der Waals surface area (Å²) < 4.78 is 477. The smallest absolute Gasteiger partial charge is 0.460 e. The van der Waals surface area contributed by atoms with E-state index in [0.717, 1.165) is 13.8 Å². The highest BCUT2D eigenvalue weighted by Gasteiger charge is 2.97. The minimum atomic E-state index is -8.80. The van der Waals surface area contributed by atoms with E-state index in [2.05, 4.69) is 10.6 Å². The summed E-state index contributed by atoms with van der Waals surface area (Å²) in [7, 11) is 0. The van der Waals surface area contributed by atoms with E-state index in [4.69, 9.17) is 9.47 Å². The lowest BCUT2D eigenvalue weighted by molar-refractivity contribution is -0.461. The number of aryl methyl sites for hydroxylation is 4. The molecule has 0 aliphatic heterocycles. The van der Waals surface area contributed by atoms with Crippen LogP contribution in [-0.2, 0) is 21.1 Å². The van der Waals surface area contributed by atoms with Crippen LogP contribution in [0.5, 0.6) is 11.5 Å². The molecule has 0 fully saturated rings. The summed E-state index contributed by atoms with van der Waals surface area (Å²) in [6.45, 7) is 6.59. The summed E-state index contributed by atoms with van der Waals surface area (Å²) in [4.78, 5) is 25.9. The molecule has 88 heavy (non-hydrogen) atoms. The minimum Gasteiger partial charge on any atom is -0.480 e. The first-order valence-corrected chi connectivity index (χ1v) is 25.8. The molecule has 2 rings (SSSR count). The molecule has 0 aromatic heterocycles. The number of carbonyl (C=O) groups is 2. The number of thioether (sulfide) groups is 2. The van der Waals surface area contributed by atoms with Crippen LogP contribution in [0, 0.1) is 27.7 Å². The second-order valence-electron chi connectivity index (χ2n) is 19.1. The third-order valence-electron chi connectivity index (χ3n) is 12.3. The van der Waals surface area contributed by atoms with Gasteiger partial charge in [-0.15, -0.1) is 0 Å². The van der Waals surface area contributed by atoms with Crippen molar-refractivity contribution in [1.29, 1.82) is 0 Å². The fraction of sp³-hybridized carbons (Fsp3) is 0.696. The van der Waals surface area contributed by atoms with Crippen molar-refractivity contribution in [2.75, 3.05) is 24.6 Å². The molecule has 0 aliphatic rings. The zero-order valence-corrected chi connectivity index (χ0v) is 46.1. The van der Waals surface area contributed by atoms with Crippen LogP contribution in [0.3, 0.4) is 0 Å². The average molecular weight is 1400 g/mol. The van der Waals surface area contributed by atoms with Gasteiger partial charge in [-0.3, -0.25) is 9.59 Å². The Hall–Kier alpha value is -4.70. The Kier molecular flexibility index (Phi) is 23.2. The number of alkyl halides is 34. The van der Waals surface area contributed by atoms with Gasteiger partial charge in [-0.1, -0.05) is 35.4 Å². The van der Waals surface area contributed by atoms with Crippen molar-refractivity contribution in [3.8, 4) is 11.5 Å². The first-order chi connectivity index (χ1) is 38.9. The third kappa shape index (κ3) is 14.2. The van der Waals surface area contributed by atoms with Gasteiger partial charge in [0, 0.05) is 48.6 Å². The van der Waals surface area contributed by atoms with Gasteiger partial charge in [0.25, 0.3) is 11.8 Å². The van der Waals surface area contributed by atoms with E-state index in [1.807, 2.05) is 0 Å². The van der Waals surface area contributed by atoms with Gasteiger partial charge in [-0.25, -0.2) is 0 Å². The zero-order valence-electron chi connectivity index (χ0n) is 44.4. The van der Waals surface area contributed by atoms with Crippen molar-refractivity contribution in [3.63, 3.8) is 0 Å². The number of halogens is 34. The Labute approximate surface area is 480 Å². The molecule has 2 N–H and O–H groups in total. The molecule has 0 radical (unpaired) electrons. The number of nitrogens with one attached hydrogen (secondary N) is 2. The van der Waals surface area contributed by atoms with Crippen LogP contribution in [0.15, 0.2) is 24.3 Å². The molecule has 2 atom stereocenters. The molecule has 0 heterocycles. The fourth-order valence-electron chi connectivity index (χ4n) is 7.23. The van der Waals surface area contributed by atoms with E-state index in [-0.39, 0.29) is 57.3 Å². The van der Waals surface area contributed by atoms with Gasteiger partial charge < -0.3 is 20.1 Å². The SMILES string of the molecule is Cc1cc(C)c(OC(C)C(=O)NCCNC(=O)C(C)Oc2c(C)cc(C)cc2CSCCC(F)(F)C(F)(F)C(F)(F)C(F)(F)C(F)(F)C(F)(F)C(F)(F)C(F)(F)F)c(CSCCC(F)(F)C(F)(F)C(F)(F)C(F)(F)C(F)(F)C(F)(F)C(F)(F)C(F)(F)F)c1. The largest absolute Gasteiger partial charge is 0.480 e. The maximum Gasteiger partial charge on any atom is 0.460 e. The standard InChI is InChI=1S/C46H42F34N2O4S2/c1-19-13-21(3)27(25(15-19)17-87-11-7-31(47,48)33(51,52)35(55,56)37(59,60)39(63,64)41(67,68)43(71,72)45(75,76)77)85-23(5)29(83)81-9-10-82-30(84)24(6)86-28-22(4)14-20(2)16-26(28)18-88-12-8-32(49,50)34(53,54)36(57,58)38(61,62)40(65,66)42(69,70)44(73,74)46(78,79)80/h13-16,23-24H,7-12,17-18H2,1-6H3,(H,81,83)(H,82,84). The quantitative estimate of drug-likeness (QED) is 0.0579. The van der Waals surface area contributed by atoms with Gasteiger partial charge in [0.15, 0.2) is 12.2 Å². The lowest BCUT2D eigenvalue weighted by atomic mass is 9.88. The van der Waals surface area contributed by atoms with Crippen molar-refractivity contribution in [3.05, 3.63) is 57.6 Å². The van der Waals surface area contributed by atoms with Crippen molar-refractivity contribution in [2.45, 2.75) is 173 Å². The molecule has 0 bridgehead atoms. The third-order valence-corrected chi connectivity index (χ3v) is 14.3. The summed E-state index contributed by atoms with van der Waals surface area (Å²) in [5, 5.41) is 4.53. The van der Waals surface area contributed by atoms with E-state index < -0.39 is 168 Å². The predicted molar refractivity (Wildman–Crippen MR) is 241 cm³/mol. The second-order valence-corrected chi connectivity index (χ2v) is 21.4. The normalized spacial score (nSPS) is 15.5. The number of benzene rings is 2. The number of hydrogen-bond donors (Lipinski definition) is 2. The van der Waals surface area contributed by atoms with Crippen molar-refractivity contribution >= 4 is 35.3 Å². The molecule has 2 aromatic rings. The molecule has 2 unspecified atom stereocenters. The van der Waals surface area contributed by atoms with Crippen LogP contribution in [0.4, 0.5) is 149 Å². The van der Waals surface area contributed by atoms with Crippen molar-refractivity contribution < 1.29 is 168 Å². The molecular formula is C46H42F34N2O4S2. The number of carbonyl (C=O) groups excluding carboxylic acids is 2. The summed E-state index contributed by atoms with van der Waals surface area (Å²) in [5.41, 5.74) is 0.645. The van der Waals surface area contributed by atoms with Gasteiger partial charge in [0.2, 0.25) is 0 Å². The van der Waals surface area contributed by atoms with Crippen molar-refractivity contribution in [1.82, 2.24) is 10.6 Å². The Morgan fingerprint density at radius 1 is 0.375 bits per heavy atom. The van der Waals surface area contributed by atoms with Crippen LogP contribution in [-0.4, -0.2) is 144 Å². The Morgan fingerprint density at radius 2 is 0.602 bits per heavy atom. The van der Waals surface area contributed by atoms with Crippen molar-refractivity contribution in [2.24, 2.45) is 0 Å². The van der Waals surface area contributed by atoms with Gasteiger partial charge in [-0.05, 0) is 64.2 Å². The van der Waals surface area contributed by atoms with E-state index in [1.165, 1.54) is 52.0 Å². The molecule has 0 spiro atoms. The van der Waals surface area contributed by atoms with Crippen LogP contribution in [0.2, 0.25) is 0 Å². The molecule has 2 aromatic carbocycles. The highest BCUT2D eigenvalue weighted by atomic mass is 32.2. The number of amides is 2. The number of rotatable bonds is 31. The van der Waals surface area contributed by atoms with E-state index >= 15 is 0 Å². The molecule has 0 saturated carbocycles. The van der Waals surface area contributed by atoms with Gasteiger partial charge in [0.05, 0.1) is 0 Å². The number of hydrogen-bond acceptors (Lipinski definition) is 6. The van der Waals surface area contributed by atoms with E-state index in [0.29, 0.717) is 11.1 Å². The Bertz CT molecular complexity index is 2580. The minimum absolute atomic E-state index is 0.0542. The van der Waals surface area contributed by atoms with E-state index in [9.17, 15) is 159 Å². The lowest BCUT2D eigenvalue weighted by Gasteiger charge is -2.42. The average Bonchev–Trinajstić information content (AvgIpc) is 0.749. The molecule has 42 heteroatoms. The summed E-state index contributed by atoms with van der Waals surface area (Å²) in [6.07, 6.45) is -24.4. The van der Waals surface area contributed by atoms with Gasteiger partial charge >= 0.3 is 95.3 Å². The molecule has 2 amide bonds. The van der Waals surface area contributed by atoms with Gasteiger partial charge in [0.1, 0.15) is 11.5 Å². The molecule has 0 aliphatic carbocycles. The van der Waals surface area contributed by atoms with Crippen LogP contribution in [0.1, 0.15) is 60.1 Å². The molecule has 6 nitrogen and oxygen atoms in total. The summed E-state index contributed by atoms with van der Waals surface area (Å²) in [6, 6.07) is 5.11. The Balaban J connectivity index is 2.12. The summed E-state index contributed by atoms with van der Waals surface area (Å²) in [5.74, 6) is -122. The van der Waals surface area contributed by atoms with Crippen LogP contribution >= 0.6 is 23.5 Å². The molecular weight excluding hydrogens is 1350 g/mol. The predicted octanol–water partition coefficient (Wildman–Crippen LogP) is 16.7. The maximum absolute atomic E-state index is 14.5. The van der Waals surface area contributed by atoms with E-state index in [1.54, 1.807) is 0 Å². The zero-order chi connectivity index (χ0) is 69.7. The maximum atomic E-state index is 14.5. The highest BCUT2D eigenvalue weighted by Crippen LogP contribution is 2.66.